The number of hydrogen-bond donors (Lipinski definition) is 4. The number of carbonyl (C=O) groups excluding carboxylic acids is 4. The topological polar surface area (TPSA) is 219 Å². The summed E-state index contributed by atoms with van der Waals surface area (Å²) >= 11 is 0. The van der Waals surface area contributed by atoms with Gasteiger partial charge < -0.3 is 38.2 Å². The van der Waals surface area contributed by atoms with Crippen molar-refractivity contribution in [3.05, 3.63) is 234 Å². The number of fused-ring (bicyclic) bond motifs is 4. The summed E-state index contributed by atoms with van der Waals surface area (Å²) in [7, 11) is 8.04. The fraction of sp³-hybridized carbons (Fsp3) is 0.333. The Morgan fingerprint density at radius 3 is 0.790 bits per heavy atom. The number of nitrogens with one attached hydrogen (secondary N) is 4. The minimum absolute atomic E-state index is 0.150. The summed E-state index contributed by atoms with van der Waals surface area (Å²) in [5.74, 6) is 0.731. The molecular formula is C84H88N8O8. The Morgan fingerprint density at radius 2 is 0.520 bits per heavy atom. The predicted octanol–water partition coefficient (Wildman–Crippen LogP) is 15.7. The number of Topliss-reactive ketones (excluding diaryl/α,β-unsaturated/α-hetero) is 4. The summed E-state index contributed by atoms with van der Waals surface area (Å²) in [6.07, 6.45) is 21.1. The van der Waals surface area contributed by atoms with Crippen LogP contribution in [0.15, 0.2) is 190 Å². The van der Waals surface area contributed by atoms with Crippen LogP contribution in [0.1, 0.15) is 153 Å². The molecule has 0 aliphatic heterocycles. The van der Waals surface area contributed by atoms with Gasteiger partial charge >= 0.3 is 0 Å². The first-order chi connectivity index (χ1) is 47.9. The molecule has 16 rings (SSSR count). The van der Waals surface area contributed by atoms with Crippen molar-refractivity contribution in [3.63, 3.8) is 0 Å². The second-order valence-electron chi connectivity index (χ2n) is 29.1. The molecule has 16 nitrogen and oxygen atoms in total. The molecule has 4 aromatic carbocycles. The van der Waals surface area contributed by atoms with Gasteiger partial charge in [0.1, 0.15) is 23.1 Å². The van der Waals surface area contributed by atoms with E-state index in [1.54, 1.807) is 0 Å². The van der Waals surface area contributed by atoms with Crippen molar-refractivity contribution in [1.82, 2.24) is 38.2 Å². The van der Waals surface area contributed by atoms with E-state index in [2.05, 4.69) is 111 Å². The molecule has 8 aromatic heterocycles. The molecule has 4 saturated carbocycles. The summed E-state index contributed by atoms with van der Waals surface area (Å²) in [5.41, 5.74) is 10.8. The van der Waals surface area contributed by atoms with Gasteiger partial charge in [-0.15, -0.1) is 0 Å². The van der Waals surface area contributed by atoms with Crippen molar-refractivity contribution >= 4 is 66.7 Å². The van der Waals surface area contributed by atoms with Gasteiger partial charge in [0.05, 0.1) is 21.7 Å². The quantitative estimate of drug-likeness (QED) is 0.114. The Balaban J connectivity index is 0.000000119. The molecule has 12 aromatic rings. The van der Waals surface area contributed by atoms with E-state index in [4.69, 9.17) is 0 Å². The zero-order valence-corrected chi connectivity index (χ0v) is 58.5. The average Bonchev–Trinajstić information content (AvgIpc) is 0.875. The highest BCUT2D eigenvalue weighted by molar-refractivity contribution is 5.94. The highest BCUT2D eigenvalue weighted by Gasteiger charge is 2.42. The number of benzene rings is 4. The molecule has 0 amide bonds. The number of carbonyl (C=O) groups is 4. The van der Waals surface area contributed by atoms with Gasteiger partial charge in [-0.3, -0.25) is 38.4 Å². The highest BCUT2D eigenvalue weighted by Crippen LogP contribution is 2.40. The lowest BCUT2D eigenvalue weighted by Crippen LogP contribution is -2.40. The molecule has 0 radical (unpaired) electrons. The lowest BCUT2D eigenvalue weighted by atomic mass is 9.70. The molecule has 8 heterocycles. The van der Waals surface area contributed by atoms with Gasteiger partial charge in [0.15, 0.2) is 0 Å². The number of rotatable bonds is 8. The van der Waals surface area contributed by atoms with Crippen LogP contribution in [0.3, 0.4) is 0 Å². The molecular weight excluding hydrogens is 1250 g/mol. The van der Waals surface area contributed by atoms with Crippen LogP contribution >= 0.6 is 0 Å². The second-order valence-corrected chi connectivity index (χ2v) is 29.1. The molecule has 4 aliphatic carbocycles. The second kappa shape index (κ2) is 27.3. The van der Waals surface area contributed by atoms with Gasteiger partial charge in [-0.05, 0) is 186 Å². The molecule has 4 N–H and O–H groups in total. The molecule has 100 heavy (non-hydrogen) atoms. The predicted molar refractivity (Wildman–Crippen MR) is 399 cm³/mol. The van der Waals surface area contributed by atoms with Crippen LogP contribution in [-0.4, -0.2) is 61.3 Å². The van der Waals surface area contributed by atoms with Gasteiger partial charge in [-0.25, -0.2) is 0 Å². The summed E-state index contributed by atoms with van der Waals surface area (Å²) in [6, 6.07) is 47.9. The molecule has 0 bridgehead atoms. The number of ketones is 4. The van der Waals surface area contributed by atoms with Crippen molar-refractivity contribution in [2.75, 3.05) is 0 Å². The third kappa shape index (κ3) is 12.9. The molecule has 0 spiro atoms. The molecule has 4 atom stereocenters. The minimum Gasteiger partial charge on any atom is -0.351 e. The smallest absolute Gasteiger partial charge is 0.252 e. The summed E-state index contributed by atoms with van der Waals surface area (Å²) < 4.78 is 8.26. The SMILES string of the molecule is Cn1ccc2cc(-c3ccc(C4(C)CCCCC4=O)c(=O)[nH]3)ccc21.Cn1ccc2cc(-c3ccc(C4(C)CCCCC4=O)c(=O)[nH]3)ccc21.Cn1ccc2ccc(-c3ccc(C4(C)CCCCC4=O)c(=O)[nH]3)cc21.Cn1ccc2ccc(-c3ccc(C4(C)CCCCC4=O)c(=O)[nH]3)cc21. The van der Waals surface area contributed by atoms with Gasteiger partial charge in [0.2, 0.25) is 0 Å². The lowest BCUT2D eigenvalue weighted by molar-refractivity contribution is -0.126. The third-order valence-corrected chi connectivity index (χ3v) is 22.6. The molecule has 0 saturated heterocycles. The Hall–Kier alpha value is -10.5. The first-order valence-corrected chi connectivity index (χ1v) is 35.3. The highest BCUT2D eigenvalue weighted by atomic mass is 16.2. The van der Waals surface area contributed by atoms with Crippen LogP contribution in [0, 0.1) is 0 Å². The van der Waals surface area contributed by atoms with E-state index >= 15 is 0 Å². The zero-order chi connectivity index (χ0) is 70.4. The lowest BCUT2D eigenvalue weighted by Gasteiger charge is -2.31. The number of aromatic amines is 4. The largest absolute Gasteiger partial charge is 0.351 e. The fourth-order valence-electron chi connectivity index (χ4n) is 15.9. The number of nitrogens with zero attached hydrogens (tertiary/aromatic N) is 4. The number of hydrogen-bond acceptors (Lipinski definition) is 8. The number of H-pyrrole nitrogens is 4. The number of aryl methyl sites for hydroxylation is 4. The molecule has 4 unspecified atom stereocenters. The van der Waals surface area contributed by atoms with Crippen LogP contribution in [0.4, 0.5) is 0 Å². The molecule has 4 fully saturated rings. The summed E-state index contributed by atoms with van der Waals surface area (Å²) in [4.78, 5) is 113. The third-order valence-electron chi connectivity index (χ3n) is 22.6. The number of aromatic nitrogens is 8. The monoisotopic (exact) mass is 1340 g/mol. The first-order valence-electron chi connectivity index (χ1n) is 35.3. The van der Waals surface area contributed by atoms with Crippen molar-refractivity contribution in [3.8, 4) is 45.0 Å². The Labute approximate surface area is 580 Å². The van der Waals surface area contributed by atoms with Gasteiger partial charge in [-0.1, -0.05) is 86.3 Å². The van der Waals surface area contributed by atoms with Crippen molar-refractivity contribution < 1.29 is 19.2 Å². The van der Waals surface area contributed by atoms with Crippen molar-refractivity contribution in [2.45, 2.75) is 152 Å². The van der Waals surface area contributed by atoms with E-state index in [9.17, 15) is 38.4 Å². The molecule has 4 aliphatic rings. The molecule has 16 heteroatoms. The summed E-state index contributed by atoms with van der Waals surface area (Å²) in [5, 5.41) is 4.62. The van der Waals surface area contributed by atoms with Gasteiger partial charge in [0, 0.05) is 168 Å². The Morgan fingerprint density at radius 1 is 0.270 bits per heavy atom. The van der Waals surface area contributed by atoms with Crippen LogP contribution in [0.5, 0.6) is 0 Å². The van der Waals surface area contributed by atoms with Crippen LogP contribution in [0.25, 0.3) is 88.6 Å². The van der Waals surface area contributed by atoms with E-state index in [0.717, 1.165) is 155 Å². The standard InChI is InChI=1S/4C21H22N2O2/c2*1-21(11-4-3-5-19(21)24)16-7-8-17(22-20(16)25)14-6-9-18-15(13-14)10-12-23(18)2;2*1-21(11-4-3-5-19(21)24)16-8-9-17(22-20(16)25)15-7-6-14-10-12-23(2)18(14)13-15/h4*6-10,12-13H,3-5,11H2,1-2H3,(H,22,25). The fourth-order valence-corrected chi connectivity index (χ4v) is 15.9. The van der Waals surface area contributed by atoms with Crippen LogP contribution in [0.2, 0.25) is 0 Å². The van der Waals surface area contributed by atoms with Gasteiger partial charge in [0.25, 0.3) is 22.2 Å². The normalized spacial score (nSPS) is 21.0. The number of pyridine rings is 4. The zero-order valence-electron chi connectivity index (χ0n) is 58.5. The maximum absolute atomic E-state index is 12.7. The van der Waals surface area contributed by atoms with E-state index in [1.807, 2.05) is 153 Å². The van der Waals surface area contributed by atoms with E-state index in [1.165, 1.54) is 10.8 Å². The van der Waals surface area contributed by atoms with E-state index < -0.39 is 21.7 Å². The van der Waals surface area contributed by atoms with Crippen molar-refractivity contribution in [1.29, 1.82) is 0 Å². The van der Waals surface area contributed by atoms with E-state index in [0.29, 0.717) is 47.9 Å². The molecule has 512 valence electrons. The Bertz CT molecular complexity index is 5120. The van der Waals surface area contributed by atoms with Crippen molar-refractivity contribution in [2.24, 2.45) is 28.2 Å². The van der Waals surface area contributed by atoms with Gasteiger partial charge in [-0.2, -0.15) is 0 Å². The maximum Gasteiger partial charge on any atom is 0.252 e. The average molecular weight is 1340 g/mol. The first kappa shape index (κ1) is 68.1. The van der Waals surface area contributed by atoms with Crippen LogP contribution < -0.4 is 22.2 Å². The van der Waals surface area contributed by atoms with E-state index in [-0.39, 0.29) is 45.4 Å². The maximum atomic E-state index is 12.7. The summed E-state index contributed by atoms with van der Waals surface area (Å²) in [6.45, 7) is 7.65. The van der Waals surface area contributed by atoms with Crippen LogP contribution in [-0.2, 0) is 69.0 Å². The Kier molecular flexibility index (Phi) is 18.6. The minimum atomic E-state index is -0.646.